The number of carbonyl (C=O) groups excluding carboxylic acids is 2. The number of aromatic nitrogens is 2. The highest BCUT2D eigenvalue weighted by Gasteiger charge is 2.08. The zero-order valence-corrected chi connectivity index (χ0v) is 11.2. The van der Waals surface area contributed by atoms with Crippen LogP contribution in [-0.2, 0) is 4.79 Å². The zero-order chi connectivity index (χ0) is 14.5. The van der Waals surface area contributed by atoms with Gasteiger partial charge in [-0.15, -0.1) is 0 Å². The number of rotatable bonds is 3. The average Bonchev–Trinajstić information content (AvgIpc) is 2.41. The maximum Gasteiger partial charge on any atom is 0.308 e. The maximum absolute atomic E-state index is 11.9. The van der Waals surface area contributed by atoms with Crippen LogP contribution >= 0.6 is 11.6 Å². The van der Waals surface area contributed by atoms with E-state index in [9.17, 15) is 9.59 Å². The first-order valence-electron chi connectivity index (χ1n) is 5.62. The standard InChI is InChI=1S/C13H10ClN3O3/c1-8(18)20-10-4-2-9(3-5-10)13(19)17-12-7-15-11(14)6-16-12/h2-7H,1H3,(H,16,17,19). The zero-order valence-electron chi connectivity index (χ0n) is 10.5. The summed E-state index contributed by atoms with van der Waals surface area (Å²) in [6.45, 7) is 1.31. The number of hydrogen-bond acceptors (Lipinski definition) is 5. The van der Waals surface area contributed by atoms with E-state index in [1.807, 2.05) is 0 Å². The van der Waals surface area contributed by atoms with E-state index in [2.05, 4.69) is 15.3 Å². The minimum atomic E-state index is -0.418. The van der Waals surface area contributed by atoms with Crippen molar-refractivity contribution in [2.75, 3.05) is 5.32 Å². The highest BCUT2D eigenvalue weighted by atomic mass is 35.5. The van der Waals surface area contributed by atoms with Crippen molar-refractivity contribution in [3.05, 3.63) is 47.4 Å². The van der Waals surface area contributed by atoms with Crippen LogP contribution in [0.15, 0.2) is 36.7 Å². The molecule has 0 fully saturated rings. The normalized spacial score (nSPS) is 9.90. The molecule has 0 atom stereocenters. The first-order valence-corrected chi connectivity index (χ1v) is 6.00. The SMILES string of the molecule is CC(=O)Oc1ccc(C(=O)Nc2cnc(Cl)cn2)cc1. The molecular formula is C13H10ClN3O3. The molecule has 1 amide bonds. The van der Waals surface area contributed by atoms with Crippen LogP contribution in [0, 0.1) is 0 Å². The number of carbonyl (C=O) groups is 2. The van der Waals surface area contributed by atoms with Gasteiger partial charge < -0.3 is 10.1 Å². The predicted octanol–water partition coefficient (Wildman–Crippen LogP) is 2.31. The molecule has 1 heterocycles. The number of nitrogens with one attached hydrogen (secondary N) is 1. The Morgan fingerprint density at radius 2 is 1.85 bits per heavy atom. The average molecular weight is 292 g/mol. The fourth-order valence-corrected chi connectivity index (χ4v) is 1.50. The van der Waals surface area contributed by atoms with Gasteiger partial charge in [-0.3, -0.25) is 9.59 Å². The number of amides is 1. The molecule has 0 aliphatic heterocycles. The first kappa shape index (κ1) is 14.0. The van der Waals surface area contributed by atoms with Gasteiger partial charge in [0.05, 0.1) is 12.4 Å². The van der Waals surface area contributed by atoms with Gasteiger partial charge in [0.2, 0.25) is 0 Å². The molecule has 20 heavy (non-hydrogen) atoms. The van der Waals surface area contributed by atoms with Crippen molar-refractivity contribution >= 4 is 29.3 Å². The number of halogens is 1. The molecule has 1 N–H and O–H groups in total. The van der Waals surface area contributed by atoms with E-state index in [0.29, 0.717) is 17.1 Å². The van der Waals surface area contributed by atoms with Crippen molar-refractivity contribution in [1.82, 2.24) is 9.97 Å². The van der Waals surface area contributed by atoms with E-state index < -0.39 is 5.97 Å². The Morgan fingerprint density at radius 3 is 2.40 bits per heavy atom. The second-order valence-corrected chi connectivity index (χ2v) is 4.18. The van der Waals surface area contributed by atoms with Gasteiger partial charge in [-0.25, -0.2) is 9.97 Å². The lowest BCUT2D eigenvalue weighted by molar-refractivity contribution is -0.131. The van der Waals surface area contributed by atoms with Crippen LogP contribution in [0.2, 0.25) is 5.15 Å². The molecule has 1 aromatic carbocycles. The molecule has 0 unspecified atom stereocenters. The Kier molecular flexibility index (Phi) is 4.27. The molecule has 2 aromatic rings. The first-order chi connectivity index (χ1) is 9.54. The Labute approximate surface area is 119 Å². The Balaban J connectivity index is 2.05. The summed E-state index contributed by atoms with van der Waals surface area (Å²) in [5.74, 6) is -0.0987. The molecule has 0 aliphatic carbocycles. The lowest BCUT2D eigenvalue weighted by Crippen LogP contribution is -2.13. The van der Waals surface area contributed by atoms with Gasteiger partial charge in [0.25, 0.3) is 5.91 Å². The smallest absolute Gasteiger partial charge is 0.308 e. The molecule has 1 aromatic heterocycles. The van der Waals surface area contributed by atoms with Gasteiger partial charge >= 0.3 is 5.97 Å². The third kappa shape index (κ3) is 3.76. The van der Waals surface area contributed by atoms with Gasteiger partial charge in [0.15, 0.2) is 5.82 Å². The van der Waals surface area contributed by atoms with Gasteiger partial charge in [0.1, 0.15) is 10.9 Å². The largest absolute Gasteiger partial charge is 0.427 e. The van der Waals surface area contributed by atoms with E-state index in [1.165, 1.54) is 43.6 Å². The quantitative estimate of drug-likeness (QED) is 0.693. The van der Waals surface area contributed by atoms with Crippen LogP contribution in [0.25, 0.3) is 0 Å². The molecule has 102 valence electrons. The van der Waals surface area contributed by atoms with E-state index in [-0.39, 0.29) is 11.1 Å². The topological polar surface area (TPSA) is 81.2 Å². The van der Waals surface area contributed by atoms with Crippen LogP contribution in [0.4, 0.5) is 5.82 Å². The number of hydrogen-bond donors (Lipinski definition) is 1. The molecule has 6 nitrogen and oxygen atoms in total. The molecule has 0 radical (unpaired) electrons. The Hall–Kier alpha value is -2.47. The van der Waals surface area contributed by atoms with Crippen molar-refractivity contribution in [3.8, 4) is 5.75 Å². The van der Waals surface area contributed by atoms with E-state index in [4.69, 9.17) is 16.3 Å². The minimum Gasteiger partial charge on any atom is -0.427 e. The fraction of sp³-hybridized carbons (Fsp3) is 0.0769. The molecule has 0 spiro atoms. The van der Waals surface area contributed by atoms with Crippen LogP contribution in [-0.4, -0.2) is 21.8 Å². The monoisotopic (exact) mass is 291 g/mol. The van der Waals surface area contributed by atoms with Crippen molar-refractivity contribution < 1.29 is 14.3 Å². The highest BCUT2D eigenvalue weighted by molar-refractivity contribution is 6.29. The number of anilines is 1. The van der Waals surface area contributed by atoms with Gasteiger partial charge in [-0.2, -0.15) is 0 Å². The summed E-state index contributed by atoms with van der Waals surface area (Å²) >= 11 is 5.60. The van der Waals surface area contributed by atoms with Crippen LogP contribution < -0.4 is 10.1 Å². The van der Waals surface area contributed by atoms with Gasteiger partial charge in [-0.1, -0.05) is 11.6 Å². The van der Waals surface area contributed by atoms with Gasteiger partial charge in [0, 0.05) is 12.5 Å². The van der Waals surface area contributed by atoms with Crippen LogP contribution in [0.5, 0.6) is 5.75 Å². The van der Waals surface area contributed by atoms with Crippen molar-refractivity contribution in [2.24, 2.45) is 0 Å². The fourth-order valence-electron chi connectivity index (χ4n) is 1.41. The second-order valence-electron chi connectivity index (χ2n) is 3.80. The Morgan fingerprint density at radius 1 is 1.15 bits per heavy atom. The summed E-state index contributed by atoms with van der Waals surface area (Å²) in [6, 6.07) is 6.14. The molecule has 0 saturated heterocycles. The molecule has 2 rings (SSSR count). The highest BCUT2D eigenvalue weighted by Crippen LogP contribution is 2.14. The van der Waals surface area contributed by atoms with Crippen LogP contribution in [0.1, 0.15) is 17.3 Å². The minimum absolute atomic E-state index is 0.244. The molecule has 0 saturated carbocycles. The summed E-state index contributed by atoms with van der Waals surface area (Å²) < 4.78 is 4.87. The number of esters is 1. The number of ether oxygens (including phenoxy) is 1. The molecule has 0 aliphatic rings. The van der Waals surface area contributed by atoms with Crippen molar-refractivity contribution in [1.29, 1.82) is 0 Å². The number of benzene rings is 1. The van der Waals surface area contributed by atoms with Gasteiger partial charge in [-0.05, 0) is 24.3 Å². The van der Waals surface area contributed by atoms with E-state index in [0.717, 1.165) is 0 Å². The lowest BCUT2D eigenvalue weighted by atomic mass is 10.2. The van der Waals surface area contributed by atoms with Crippen molar-refractivity contribution in [2.45, 2.75) is 6.92 Å². The van der Waals surface area contributed by atoms with Crippen LogP contribution in [0.3, 0.4) is 0 Å². The number of nitrogens with zero attached hydrogens (tertiary/aromatic N) is 2. The summed E-state index contributed by atoms with van der Waals surface area (Å²) in [5, 5.41) is 2.81. The Bertz CT molecular complexity index is 626. The van der Waals surface area contributed by atoms with E-state index >= 15 is 0 Å². The third-order valence-corrected chi connectivity index (χ3v) is 2.44. The van der Waals surface area contributed by atoms with Crippen molar-refractivity contribution in [3.63, 3.8) is 0 Å². The predicted molar refractivity (Wildman–Crippen MR) is 72.7 cm³/mol. The summed E-state index contributed by atoms with van der Waals surface area (Å²) in [7, 11) is 0. The summed E-state index contributed by atoms with van der Waals surface area (Å²) in [6.07, 6.45) is 2.69. The third-order valence-electron chi connectivity index (χ3n) is 2.24. The molecule has 7 heteroatoms. The molecule has 0 bridgehead atoms. The lowest BCUT2D eigenvalue weighted by Gasteiger charge is -2.05. The summed E-state index contributed by atoms with van der Waals surface area (Å²) in [5.41, 5.74) is 0.401. The second kappa shape index (κ2) is 6.12. The maximum atomic E-state index is 11.9. The molecular weight excluding hydrogens is 282 g/mol. The van der Waals surface area contributed by atoms with E-state index in [1.54, 1.807) is 0 Å². The summed E-state index contributed by atoms with van der Waals surface area (Å²) in [4.78, 5) is 30.4.